The van der Waals surface area contributed by atoms with E-state index in [0.717, 1.165) is 56.9 Å². The van der Waals surface area contributed by atoms with Crippen LogP contribution in [0.1, 0.15) is 54.3 Å². The maximum absolute atomic E-state index is 14.1. The third-order valence-corrected chi connectivity index (χ3v) is 9.56. The molecule has 0 bridgehead atoms. The largest absolute Gasteiger partial charge is 0.497 e. The Kier molecular flexibility index (Phi) is 8.02. The highest BCUT2D eigenvalue weighted by atomic mass is 31.0. The van der Waals surface area contributed by atoms with Crippen LogP contribution in [0.2, 0.25) is 0 Å². The average Bonchev–Trinajstić information content (AvgIpc) is 3.65. The normalized spacial score (nSPS) is 25.7. The number of nitrogens with one attached hydrogen (secondary N) is 1. The summed E-state index contributed by atoms with van der Waals surface area (Å²) in [6.45, 7) is 5.48. The lowest BCUT2D eigenvalue weighted by molar-refractivity contribution is -0.122. The molecule has 2 aromatic rings. The van der Waals surface area contributed by atoms with Gasteiger partial charge in [0.25, 0.3) is 0 Å². The van der Waals surface area contributed by atoms with Gasteiger partial charge < -0.3 is 19.9 Å². The van der Waals surface area contributed by atoms with Crippen LogP contribution in [0.25, 0.3) is 0 Å². The third-order valence-electron chi connectivity index (χ3n) is 9.20. The molecule has 0 saturated carbocycles. The molecule has 6 nitrogen and oxygen atoms in total. The van der Waals surface area contributed by atoms with Gasteiger partial charge in [-0.05, 0) is 79.0 Å². The van der Waals surface area contributed by atoms with E-state index >= 15 is 0 Å². The number of carbonyl (C=O) groups excluding carboxylic acids is 1. The number of hydrogen-bond donors (Lipinski definition) is 1. The first-order valence-corrected chi connectivity index (χ1v) is 15.3. The lowest BCUT2D eigenvalue weighted by Crippen LogP contribution is -2.28. The summed E-state index contributed by atoms with van der Waals surface area (Å²) in [4.78, 5) is 18.6. The molecule has 0 amide bonds. The van der Waals surface area contributed by atoms with E-state index in [1.54, 1.807) is 7.11 Å². The number of hydrogen-bond acceptors (Lipinski definition) is 6. The highest BCUT2D eigenvalue weighted by Crippen LogP contribution is 2.42. The Morgan fingerprint density at radius 3 is 2.85 bits per heavy atom. The lowest BCUT2D eigenvalue weighted by Gasteiger charge is -2.24. The summed E-state index contributed by atoms with van der Waals surface area (Å²) >= 11 is 0. The second-order valence-corrected chi connectivity index (χ2v) is 12.4. The van der Waals surface area contributed by atoms with E-state index in [4.69, 9.17) is 4.74 Å². The van der Waals surface area contributed by atoms with Crippen molar-refractivity contribution in [2.45, 2.75) is 50.6 Å². The molecular formula is C34H39N4O2P. The van der Waals surface area contributed by atoms with Gasteiger partial charge in [-0.1, -0.05) is 42.0 Å². The predicted octanol–water partition coefficient (Wildman–Crippen LogP) is 4.91. The number of Topliss-reactive ketones (excluding diaryl/α,β-unsaturated/α-hetero) is 1. The molecule has 2 aromatic carbocycles. The van der Waals surface area contributed by atoms with Crippen LogP contribution in [0, 0.1) is 24.2 Å². The Balaban J connectivity index is 1.18. The van der Waals surface area contributed by atoms with Gasteiger partial charge in [0.05, 0.1) is 13.2 Å². The quantitative estimate of drug-likeness (QED) is 0.292. The zero-order valence-electron chi connectivity index (χ0n) is 24.0. The summed E-state index contributed by atoms with van der Waals surface area (Å²) in [5.41, 5.74) is 7.03. The first-order valence-electron chi connectivity index (χ1n) is 14.7. The molecule has 212 valence electrons. The van der Waals surface area contributed by atoms with Crippen molar-refractivity contribution < 1.29 is 9.53 Å². The Hall–Kier alpha value is -3.39. The van der Waals surface area contributed by atoms with Crippen LogP contribution in [0.15, 0.2) is 77.7 Å². The van der Waals surface area contributed by atoms with Gasteiger partial charge in [-0.15, -0.1) is 9.24 Å². The smallest absolute Gasteiger partial charge is 0.142 e. The molecule has 7 heteroatoms. The van der Waals surface area contributed by atoms with Crippen molar-refractivity contribution in [2.75, 3.05) is 33.3 Å². The minimum Gasteiger partial charge on any atom is -0.497 e. The second kappa shape index (κ2) is 11.8. The highest BCUT2D eigenvalue weighted by molar-refractivity contribution is 7.27. The Morgan fingerprint density at radius 2 is 2.05 bits per heavy atom. The number of rotatable bonds is 7. The number of carbonyl (C=O) groups is 1. The first-order chi connectivity index (χ1) is 19.9. The molecule has 0 aromatic heterocycles. The van der Waals surface area contributed by atoms with Crippen molar-refractivity contribution in [3.63, 3.8) is 0 Å². The molecule has 4 aliphatic rings. The summed E-state index contributed by atoms with van der Waals surface area (Å²) in [6.07, 6.45) is 9.72. The molecular weight excluding hydrogens is 527 g/mol. The molecule has 0 spiro atoms. The van der Waals surface area contributed by atoms with Crippen LogP contribution >= 0.6 is 9.24 Å². The highest BCUT2D eigenvalue weighted by Gasteiger charge is 2.47. The Bertz CT molecular complexity index is 1470. The van der Waals surface area contributed by atoms with Crippen LogP contribution in [-0.2, 0) is 4.79 Å². The van der Waals surface area contributed by atoms with Gasteiger partial charge in [-0.25, -0.2) is 0 Å². The number of allylic oxidation sites excluding steroid dienone is 4. The van der Waals surface area contributed by atoms with Crippen molar-refractivity contribution in [3.8, 4) is 11.8 Å². The zero-order chi connectivity index (χ0) is 28.5. The number of ketones is 1. The summed E-state index contributed by atoms with van der Waals surface area (Å²) in [5, 5.41) is 14.3. The van der Waals surface area contributed by atoms with Crippen molar-refractivity contribution in [2.24, 2.45) is 5.92 Å². The van der Waals surface area contributed by atoms with Crippen molar-refractivity contribution in [1.82, 2.24) is 15.1 Å². The van der Waals surface area contributed by atoms with Gasteiger partial charge >= 0.3 is 0 Å². The lowest BCUT2D eigenvalue weighted by atomic mass is 9.82. The van der Waals surface area contributed by atoms with Crippen LogP contribution < -0.4 is 15.4 Å². The summed E-state index contributed by atoms with van der Waals surface area (Å²) in [5.74, 6) is 1.34. The number of nitrogens with zero attached hydrogens (tertiary/aromatic N) is 3. The molecule has 0 aliphatic carbocycles. The fourth-order valence-electron chi connectivity index (χ4n) is 6.94. The number of aryl methyl sites for hydroxylation is 1. The monoisotopic (exact) mass is 566 g/mol. The number of likely N-dealkylation sites (tertiary alicyclic amines) is 1. The minimum atomic E-state index is -0.0534. The van der Waals surface area contributed by atoms with Crippen molar-refractivity contribution in [3.05, 3.63) is 94.4 Å². The zero-order valence-corrected chi connectivity index (χ0v) is 25.1. The van der Waals surface area contributed by atoms with Crippen molar-refractivity contribution >= 4 is 20.3 Å². The van der Waals surface area contributed by atoms with Crippen LogP contribution in [0.3, 0.4) is 0 Å². The van der Waals surface area contributed by atoms with Crippen LogP contribution in [0.5, 0.6) is 5.75 Å². The molecule has 41 heavy (non-hydrogen) atoms. The minimum absolute atomic E-state index is 0.0534. The number of fused-ring (bicyclic) bond motifs is 1. The number of ether oxygens (including phenoxy) is 1. The van der Waals surface area contributed by atoms with E-state index in [1.807, 2.05) is 18.2 Å². The molecule has 4 unspecified atom stereocenters. The van der Waals surface area contributed by atoms with E-state index in [9.17, 15) is 10.1 Å². The fourth-order valence-corrected chi connectivity index (χ4v) is 7.29. The maximum atomic E-state index is 14.1. The van der Waals surface area contributed by atoms with E-state index in [0.29, 0.717) is 12.2 Å². The SMILES string of the molecule is COc1cccc(C2CCC=C(CC(=O)[C@@H]3CN(C4=CC=C(C#N)N5CC45)CC3c3ccc(P)cc3C)CCN2)c1. The molecule has 0 radical (unpaired) electrons. The van der Waals surface area contributed by atoms with Crippen LogP contribution in [-0.4, -0.2) is 54.9 Å². The van der Waals surface area contributed by atoms with E-state index in [-0.39, 0.29) is 23.9 Å². The molecule has 5 atom stereocenters. The Morgan fingerprint density at radius 1 is 1.17 bits per heavy atom. The first kappa shape index (κ1) is 27.8. The Labute approximate surface area is 245 Å². The third kappa shape index (κ3) is 5.85. The molecule has 4 heterocycles. The van der Waals surface area contributed by atoms with Gasteiger partial charge in [0.15, 0.2) is 0 Å². The number of benzene rings is 2. The number of methoxy groups -OCH3 is 1. The number of nitriles is 1. The van der Waals surface area contributed by atoms with Crippen molar-refractivity contribution in [1.29, 1.82) is 5.26 Å². The van der Waals surface area contributed by atoms with E-state index in [1.165, 1.54) is 33.3 Å². The standard InChI is InChI=1S/C34H39N4O2P/c1-22-15-27(41)10-11-28(22)29-19-37(32-12-9-25(18-35)38-21-33(32)38)20-30(29)34(39)16-23-5-3-8-31(36-14-13-23)24-6-4-7-26(17-24)40-2/h4-7,9-12,15,17,29-31,33,36H,3,8,13-14,16,19-21,41H2,1-2H3/t29?,30-,31?,33?,38?/m1/s1. The fraction of sp³-hybridized carbons (Fsp3) is 0.412. The molecule has 2 fully saturated rings. The molecule has 4 aliphatic heterocycles. The maximum Gasteiger partial charge on any atom is 0.142 e. The van der Waals surface area contributed by atoms with Gasteiger partial charge in [0.2, 0.25) is 0 Å². The molecule has 6 rings (SSSR count). The van der Waals surface area contributed by atoms with Gasteiger partial charge in [0.1, 0.15) is 23.3 Å². The average molecular weight is 567 g/mol. The van der Waals surface area contributed by atoms with Gasteiger partial charge in [0, 0.05) is 49.6 Å². The predicted molar refractivity (Wildman–Crippen MR) is 166 cm³/mol. The summed E-state index contributed by atoms with van der Waals surface area (Å²) in [7, 11) is 4.49. The van der Waals surface area contributed by atoms with Crippen LogP contribution in [0.4, 0.5) is 0 Å². The second-order valence-electron chi connectivity index (χ2n) is 11.8. The van der Waals surface area contributed by atoms with E-state index in [2.05, 4.69) is 79.8 Å². The van der Waals surface area contributed by atoms with Gasteiger partial charge in [-0.3, -0.25) is 4.79 Å². The topological polar surface area (TPSA) is 68.4 Å². The van der Waals surface area contributed by atoms with Gasteiger partial charge in [-0.2, -0.15) is 5.26 Å². The summed E-state index contributed by atoms with van der Waals surface area (Å²) < 4.78 is 5.43. The molecule has 1 N–H and O–H groups in total. The van der Waals surface area contributed by atoms with E-state index < -0.39 is 0 Å². The summed E-state index contributed by atoms with van der Waals surface area (Å²) in [6, 6.07) is 17.7. The molecule has 2 saturated heterocycles.